The second kappa shape index (κ2) is 6.95. The van der Waals surface area contributed by atoms with Crippen LogP contribution < -0.4 is 20.7 Å². The number of amides is 1. The van der Waals surface area contributed by atoms with Gasteiger partial charge in [0.05, 0.1) is 24.4 Å². The van der Waals surface area contributed by atoms with Crippen LogP contribution in [0.4, 0.5) is 22.1 Å². The van der Waals surface area contributed by atoms with E-state index in [1.165, 1.54) is 4.90 Å². The first-order chi connectivity index (χ1) is 14.9. The average Bonchev–Trinajstić information content (AvgIpc) is 2.72. The Morgan fingerprint density at radius 1 is 1.29 bits per heavy atom. The Hall–Kier alpha value is -3.66. The van der Waals surface area contributed by atoms with Gasteiger partial charge in [0.15, 0.2) is 0 Å². The summed E-state index contributed by atoms with van der Waals surface area (Å²) < 4.78 is 10.9. The van der Waals surface area contributed by atoms with Crippen molar-refractivity contribution < 1.29 is 19.4 Å². The number of ether oxygens (including phenoxy) is 2. The molecule has 2 aliphatic heterocycles. The predicted molar refractivity (Wildman–Crippen MR) is 116 cm³/mol. The van der Waals surface area contributed by atoms with Gasteiger partial charge in [-0.15, -0.1) is 0 Å². The van der Waals surface area contributed by atoms with E-state index in [0.717, 1.165) is 22.2 Å². The van der Waals surface area contributed by atoms with E-state index in [1.807, 2.05) is 19.9 Å². The van der Waals surface area contributed by atoms with Crippen LogP contribution in [0.3, 0.4) is 0 Å². The Morgan fingerprint density at radius 2 is 2.10 bits per heavy atom. The van der Waals surface area contributed by atoms with E-state index in [0.29, 0.717) is 55.0 Å². The number of nitrogens with one attached hydrogen (secondary N) is 1. The van der Waals surface area contributed by atoms with E-state index in [1.54, 1.807) is 18.5 Å². The lowest BCUT2D eigenvalue weighted by atomic mass is 9.98. The first-order valence-electron chi connectivity index (χ1n) is 9.91. The molecule has 0 aliphatic carbocycles. The van der Waals surface area contributed by atoms with Crippen LogP contribution >= 0.6 is 0 Å². The molecule has 0 spiro atoms. The minimum absolute atomic E-state index is 0.313. The summed E-state index contributed by atoms with van der Waals surface area (Å²) in [4.78, 5) is 26.5. The van der Waals surface area contributed by atoms with E-state index in [2.05, 4.69) is 20.3 Å². The van der Waals surface area contributed by atoms with Crippen molar-refractivity contribution in [1.29, 1.82) is 0 Å². The maximum Gasteiger partial charge on any atom is 0.413 e. The molecule has 0 radical (unpaired) electrons. The van der Waals surface area contributed by atoms with Crippen LogP contribution in [-0.2, 0) is 4.74 Å². The number of hydrogen-bond donors (Lipinski definition) is 3. The number of fused-ring (bicyclic) bond motifs is 2. The van der Waals surface area contributed by atoms with Crippen LogP contribution in [0.1, 0.15) is 12.5 Å². The van der Waals surface area contributed by atoms with Gasteiger partial charge in [-0.25, -0.2) is 19.7 Å². The maximum absolute atomic E-state index is 12.0. The summed E-state index contributed by atoms with van der Waals surface area (Å²) in [5.41, 5.74) is 8.83. The van der Waals surface area contributed by atoms with E-state index in [9.17, 15) is 9.90 Å². The summed E-state index contributed by atoms with van der Waals surface area (Å²) in [6, 6.07) is 3.59. The lowest BCUT2D eigenvalue weighted by molar-refractivity contribution is -0.0459. The number of carboxylic acid groups (broad SMARTS) is 1. The molecule has 160 valence electrons. The Morgan fingerprint density at radius 3 is 2.81 bits per heavy atom. The fourth-order valence-electron chi connectivity index (χ4n) is 4.03. The monoisotopic (exact) mass is 422 g/mol. The van der Waals surface area contributed by atoms with E-state index in [4.69, 9.17) is 15.2 Å². The molecule has 0 atom stereocenters. The zero-order valence-electron chi connectivity index (χ0n) is 17.2. The second-order valence-corrected chi connectivity index (χ2v) is 8.02. The molecule has 1 amide bonds. The van der Waals surface area contributed by atoms with E-state index >= 15 is 0 Å². The lowest BCUT2D eigenvalue weighted by Gasteiger charge is -2.44. The fourth-order valence-corrected chi connectivity index (χ4v) is 4.03. The minimum Gasteiger partial charge on any atom is -0.474 e. The zero-order chi connectivity index (χ0) is 21.8. The number of nitrogens with two attached hydrogens (primary N) is 1. The van der Waals surface area contributed by atoms with Gasteiger partial charge < -0.3 is 25.6 Å². The quantitative estimate of drug-likeness (QED) is 0.582. The van der Waals surface area contributed by atoms with Gasteiger partial charge in [0, 0.05) is 29.9 Å². The molecule has 2 aliphatic rings. The molecular weight excluding hydrogens is 400 g/mol. The summed E-state index contributed by atoms with van der Waals surface area (Å²) in [6.07, 6.45) is 2.19. The predicted octanol–water partition coefficient (Wildman–Crippen LogP) is 2.66. The summed E-state index contributed by atoms with van der Waals surface area (Å²) in [5.74, 6) is 1.20. The van der Waals surface area contributed by atoms with Crippen molar-refractivity contribution >= 4 is 34.2 Å². The minimum atomic E-state index is -1.08. The molecule has 3 aromatic rings. The van der Waals surface area contributed by atoms with Crippen molar-refractivity contribution in [3.63, 3.8) is 0 Å². The molecule has 3 aromatic heterocycles. The molecule has 1 fully saturated rings. The van der Waals surface area contributed by atoms with Crippen LogP contribution in [-0.4, -0.2) is 58.1 Å². The van der Waals surface area contributed by atoms with Crippen LogP contribution in [0.15, 0.2) is 24.5 Å². The van der Waals surface area contributed by atoms with Gasteiger partial charge in [-0.2, -0.15) is 0 Å². The zero-order valence-corrected chi connectivity index (χ0v) is 17.2. The number of carbonyl (C=O) groups is 1. The van der Waals surface area contributed by atoms with Crippen LogP contribution in [0.25, 0.3) is 22.0 Å². The molecule has 4 N–H and O–H groups in total. The largest absolute Gasteiger partial charge is 0.474 e. The molecule has 1 saturated heterocycles. The van der Waals surface area contributed by atoms with Gasteiger partial charge in [0.1, 0.15) is 23.9 Å². The highest BCUT2D eigenvalue weighted by Gasteiger charge is 2.44. The van der Waals surface area contributed by atoms with Crippen molar-refractivity contribution in [2.45, 2.75) is 19.4 Å². The summed E-state index contributed by atoms with van der Waals surface area (Å²) in [5, 5.41) is 14.5. The molecule has 10 nitrogen and oxygen atoms in total. The molecule has 0 unspecified atom stereocenters. The molecule has 5 rings (SSSR count). The first kappa shape index (κ1) is 19.3. The number of pyridine rings is 3. The highest BCUT2D eigenvalue weighted by molar-refractivity contribution is 5.97. The van der Waals surface area contributed by atoms with Crippen molar-refractivity contribution in [3.05, 3.63) is 30.1 Å². The standard InChI is InChI=1S/C21H22N6O4/c1-11-13(7-25-19-17(11)23-3-4-31-19)15-5-12-6-16(24-8-14(12)18(22)26-15)27(20(28)29)21(2)9-30-10-21/h5-8,23H,3-4,9-10H2,1-2H3,(H2,22,26)(H,28,29). The first-order valence-corrected chi connectivity index (χ1v) is 9.91. The highest BCUT2D eigenvalue weighted by atomic mass is 16.5. The highest BCUT2D eigenvalue weighted by Crippen LogP contribution is 2.37. The van der Waals surface area contributed by atoms with Crippen LogP contribution in [0, 0.1) is 6.92 Å². The van der Waals surface area contributed by atoms with Crippen LogP contribution in [0.2, 0.25) is 0 Å². The Bertz CT molecular complexity index is 1210. The molecule has 0 saturated carbocycles. The maximum atomic E-state index is 12.0. The Labute approximate surface area is 178 Å². The molecule has 31 heavy (non-hydrogen) atoms. The molecule has 0 aromatic carbocycles. The molecular formula is C21H22N6O4. The number of rotatable bonds is 3. The number of anilines is 3. The van der Waals surface area contributed by atoms with Crippen molar-refractivity contribution in [1.82, 2.24) is 15.0 Å². The normalized spacial score (nSPS) is 16.6. The lowest BCUT2D eigenvalue weighted by Crippen LogP contribution is -2.62. The van der Waals surface area contributed by atoms with Crippen molar-refractivity contribution in [2.75, 3.05) is 42.3 Å². The second-order valence-electron chi connectivity index (χ2n) is 8.02. The van der Waals surface area contributed by atoms with Gasteiger partial charge in [-0.05, 0) is 36.9 Å². The van der Waals surface area contributed by atoms with Gasteiger partial charge in [-0.1, -0.05) is 0 Å². The molecule has 0 bridgehead atoms. The van der Waals surface area contributed by atoms with E-state index < -0.39 is 11.6 Å². The number of nitrogens with zero attached hydrogens (tertiary/aromatic N) is 4. The number of hydrogen-bond acceptors (Lipinski definition) is 8. The SMILES string of the molecule is Cc1c(-c2cc3cc(N(C(=O)O)C4(C)COC4)ncc3c(N)n2)cnc2c1NCCO2. The average molecular weight is 422 g/mol. The molecule has 10 heteroatoms. The number of nitrogen functional groups attached to an aromatic ring is 1. The van der Waals surface area contributed by atoms with Gasteiger partial charge in [-0.3, -0.25) is 4.90 Å². The smallest absolute Gasteiger partial charge is 0.413 e. The fraction of sp³-hybridized carbons (Fsp3) is 0.333. The summed E-state index contributed by atoms with van der Waals surface area (Å²) in [7, 11) is 0. The summed E-state index contributed by atoms with van der Waals surface area (Å²) in [6.45, 7) is 5.71. The van der Waals surface area contributed by atoms with Crippen molar-refractivity contribution in [3.8, 4) is 17.1 Å². The third-order valence-corrected chi connectivity index (χ3v) is 5.74. The van der Waals surface area contributed by atoms with Gasteiger partial charge in [0.25, 0.3) is 0 Å². The Kier molecular flexibility index (Phi) is 4.33. The summed E-state index contributed by atoms with van der Waals surface area (Å²) >= 11 is 0. The number of aromatic nitrogens is 3. The molecule has 5 heterocycles. The van der Waals surface area contributed by atoms with Crippen LogP contribution in [0.5, 0.6) is 5.88 Å². The van der Waals surface area contributed by atoms with E-state index in [-0.39, 0.29) is 0 Å². The topological polar surface area (TPSA) is 136 Å². The third kappa shape index (κ3) is 3.07. The van der Waals surface area contributed by atoms with Gasteiger partial charge in [0.2, 0.25) is 5.88 Å². The van der Waals surface area contributed by atoms with Gasteiger partial charge >= 0.3 is 6.09 Å². The van der Waals surface area contributed by atoms with Crippen molar-refractivity contribution in [2.24, 2.45) is 0 Å². The Balaban J connectivity index is 1.63. The third-order valence-electron chi connectivity index (χ3n) is 5.74.